The largest absolute Gasteiger partial charge is 0.418 e. The van der Waals surface area contributed by atoms with Gasteiger partial charge in [0.05, 0.1) is 31.0 Å². The van der Waals surface area contributed by atoms with Gasteiger partial charge in [-0.1, -0.05) is 31.4 Å². The summed E-state index contributed by atoms with van der Waals surface area (Å²) in [7, 11) is 0. The van der Waals surface area contributed by atoms with Gasteiger partial charge in [-0.25, -0.2) is 9.07 Å². The number of alkyl halides is 3. The van der Waals surface area contributed by atoms with Crippen molar-refractivity contribution in [2.45, 2.75) is 57.7 Å². The number of hydrogen-bond acceptors (Lipinski definition) is 5. The van der Waals surface area contributed by atoms with Gasteiger partial charge in [0.2, 0.25) is 0 Å². The number of hydrogen-bond donors (Lipinski definition) is 0. The zero-order valence-corrected chi connectivity index (χ0v) is 21.4. The van der Waals surface area contributed by atoms with Gasteiger partial charge in [0, 0.05) is 24.8 Å². The summed E-state index contributed by atoms with van der Waals surface area (Å²) in [5.41, 5.74) is 0.251. The van der Waals surface area contributed by atoms with Crippen molar-refractivity contribution in [3.8, 4) is 0 Å². The molecule has 0 atom stereocenters. The van der Waals surface area contributed by atoms with Gasteiger partial charge in [0.15, 0.2) is 0 Å². The Kier molecular flexibility index (Phi) is 9.14. The molecule has 2 aromatic heterocycles. The predicted octanol–water partition coefficient (Wildman–Crippen LogP) is 5.72. The summed E-state index contributed by atoms with van der Waals surface area (Å²) in [6.07, 6.45) is 1.85. The average Bonchev–Trinajstić information content (AvgIpc) is 2.91. The van der Waals surface area contributed by atoms with Crippen LogP contribution in [0.1, 0.15) is 60.4 Å². The van der Waals surface area contributed by atoms with Crippen molar-refractivity contribution in [3.05, 3.63) is 87.2 Å². The van der Waals surface area contributed by atoms with E-state index in [-0.39, 0.29) is 29.5 Å². The van der Waals surface area contributed by atoms with E-state index in [1.807, 2.05) is 24.0 Å². The minimum Gasteiger partial charge on any atom is -0.378 e. The third kappa shape index (κ3) is 7.18. The lowest BCUT2D eigenvalue weighted by Gasteiger charge is -2.29. The molecule has 0 amide bonds. The maximum absolute atomic E-state index is 13.4. The van der Waals surface area contributed by atoms with Crippen LogP contribution in [0.25, 0.3) is 0 Å². The van der Waals surface area contributed by atoms with Crippen LogP contribution < -0.4 is 10.5 Å². The van der Waals surface area contributed by atoms with E-state index in [0.29, 0.717) is 37.7 Å². The maximum Gasteiger partial charge on any atom is 0.418 e. The summed E-state index contributed by atoms with van der Waals surface area (Å²) < 4.78 is 59.0. The summed E-state index contributed by atoms with van der Waals surface area (Å²) in [5.74, 6) is 0.569. The Labute approximate surface area is 219 Å². The fourth-order valence-corrected chi connectivity index (χ4v) is 4.88. The standard InChI is InChI=1S/C21H25F3N4O2.C7H7F/c22-21(23,24)17-7-4-8-25-18(17)14-28-20(29)16(15-5-2-1-3-6-15)13-19(26-28)27-9-11-30-12-10-27;1-6-3-2-4-7(8)5-6/h4,7-8,13,15H,1-3,5-6,9-12,14H2;2-5H,1H3. The van der Waals surface area contributed by atoms with Crippen molar-refractivity contribution in [1.82, 2.24) is 14.8 Å². The quantitative estimate of drug-likeness (QED) is 0.402. The van der Waals surface area contributed by atoms with Crippen molar-refractivity contribution in [2.24, 2.45) is 0 Å². The Morgan fingerprint density at radius 1 is 1.03 bits per heavy atom. The monoisotopic (exact) mass is 532 g/mol. The van der Waals surface area contributed by atoms with Crippen molar-refractivity contribution in [3.63, 3.8) is 0 Å². The lowest BCUT2D eigenvalue weighted by atomic mass is 9.85. The first-order valence-electron chi connectivity index (χ1n) is 12.9. The van der Waals surface area contributed by atoms with Crippen LogP contribution >= 0.6 is 0 Å². The molecule has 3 heterocycles. The molecule has 1 aliphatic carbocycles. The molecule has 2 aliphatic rings. The number of rotatable bonds is 4. The van der Waals surface area contributed by atoms with Crippen LogP contribution in [0.3, 0.4) is 0 Å². The van der Waals surface area contributed by atoms with Gasteiger partial charge >= 0.3 is 6.18 Å². The molecule has 0 bridgehead atoms. The van der Waals surface area contributed by atoms with E-state index in [1.165, 1.54) is 24.4 Å². The Bertz CT molecular complexity index is 1250. The zero-order valence-electron chi connectivity index (χ0n) is 21.4. The van der Waals surface area contributed by atoms with Crippen molar-refractivity contribution >= 4 is 5.82 Å². The molecule has 0 spiro atoms. The highest BCUT2D eigenvalue weighted by Crippen LogP contribution is 2.33. The minimum atomic E-state index is -4.54. The number of nitrogens with zero attached hydrogens (tertiary/aromatic N) is 4. The van der Waals surface area contributed by atoms with E-state index in [9.17, 15) is 22.4 Å². The molecule has 6 nitrogen and oxygen atoms in total. The third-order valence-electron chi connectivity index (χ3n) is 6.84. The number of anilines is 1. The van der Waals surface area contributed by atoms with Crippen LogP contribution in [0.5, 0.6) is 0 Å². The first kappa shape index (κ1) is 27.8. The number of morpholine rings is 1. The molecule has 0 radical (unpaired) electrons. The second kappa shape index (κ2) is 12.5. The maximum atomic E-state index is 13.4. The number of aryl methyl sites for hydroxylation is 1. The summed E-state index contributed by atoms with van der Waals surface area (Å²) in [4.78, 5) is 19.2. The smallest absolute Gasteiger partial charge is 0.378 e. The molecule has 1 aromatic carbocycles. The number of halogens is 4. The van der Waals surface area contributed by atoms with Crippen molar-refractivity contribution < 1.29 is 22.3 Å². The lowest BCUT2D eigenvalue weighted by Crippen LogP contribution is -2.39. The topological polar surface area (TPSA) is 60.3 Å². The number of ether oxygens (including phenoxy) is 1. The van der Waals surface area contributed by atoms with Gasteiger partial charge < -0.3 is 9.64 Å². The Balaban J connectivity index is 0.000000360. The SMILES string of the molecule is Cc1cccc(F)c1.O=c1c(C2CCCCC2)cc(N2CCOCC2)nn1Cc1ncccc1C(F)(F)F. The Hall–Kier alpha value is -3.27. The zero-order chi connectivity index (χ0) is 27.1. The second-order valence-corrected chi connectivity index (χ2v) is 9.65. The van der Waals surface area contributed by atoms with E-state index >= 15 is 0 Å². The van der Waals surface area contributed by atoms with Gasteiger partial charge in [0.25, 0.3) is 5.56 Å². The van der Waals surface area contributed by atoms with Crippen molar-refractivity contribution in [1.29, 1.82) is 0 Å². The van der Waals surface area contributed by atoms with E-state index in [0.717, 1.165) is 48.4 Å². The number of aromatic nitrogens is 3. The first-order valence-corrected chi connectivity index (χ1v) is 12.9. The van der Waals surface area contributed by atoms with Gasteiger partial charge in [-0.05, 0) is 61.6 Å². The molecular weight excluding hydrogens is 500 g/mol. The van der Waals surface area contributed by atoms with Crippen LogP contribution in [0, 0.1) is 12.7 Å². The van der Waals surface area contributed by atoms with Gasteiger partial charge in [-0.2, -0.15) is 18.3 Å². The molecule has 2 fully saturated rings. The highest BCUT2D eigenvalue weighted by molar-refractivity contribution is 5.41. The van der Waals surface area contributed by atoms with Crippen molar-refractivity contribution in [2.75, 3.05) is 31.2 Å². The van der Waals surface area contributed by atoms with Crippen LogP contribution in [-0.4, -0.2) is 41.1 Å². The molecule has 0 N–H and O–H groups in total. The lowest BCUT2D eigenvalue weighted by molar-refractivity contribution is -0.138. The number of pyridine rings is 1. The van der Waals surface area contributed by atoms with Gasteiger partial charge in [-0.15, -0.1) is 0 Å². The summed E-state index contributed by atoms with van der Waals surface area (Å²) >= 11 is 0. The molecular formula is C28H32F4N4O2. The average molecular weight is 533 g/mol. The first-order chi connectivity index (χ1) is 18.2. The Morgan fingerprint density at radius 2 is 1.76 bits per heavy atom. The minimum absolute atomic E-state index is 0.117. The summed E-state index contributed by atoms with van der Waals surface area (Å²) in [6.45, 7) is 3.92. The molecule has 1 saturated carbocycles. The third-order valence-corrected chi connectivity index (χ3v) is 6.84. The summed E-state index contributed by atoms with van der Waals surface area (Å²) in [5, 5.41) is 4.44. The van der Waals surface area contributed by atoms with Crippen LogP contribution in [0.2, 0.25) is 0 Å². The fourth-order valence-electron chi connectivity index (χ4n) is 4.88. The van der Waals surface area contributed by atoms with E-state index in [4.69, 9.17) is 4.74 Å². The molecule has 1 aliphatic heterocycles. The molecule has 38 heavy (non-hydrogen) atoms. The Morgan fingerprint density at radius 3 is 2.39 bits per heavy atom. The molecule has 0 unspecified atom stereocenters. The molecule has 3 aromatic rings. The second-order valence-electron chi connectivity index (χ2n) is 9.65. The van der Waals surface area contributed by atoms with Crippen LogP contribution in [-0.2, 0) is 17.5 Å². The van der Waals surface area contributed by atoms with Crippen LogP contribution in [0.15, 0.2) is 53.5 Å². The van der Waals surface area contributed by atoms with Gasteiger partial charge in [0.1, 0.15) is 11.6 Å². The highest BCUT2D eigenvalue weighted by Gasteiger charge is 2.34. The van der Waals surface area contributed by atoms with E-state index < -0.39 is 11.7 Å². The van der Waals surface area contributed by atoms with E-state index in [1.54, 1.807) is 6.07 Å². The van der Waals surface area contributed by atoms with E-state index in [2.05, 4.69) is 10.1 Å². The normalized spacial score (nSPS) is 16.6. The number of benzene rings is 1. The molecule has 204 valence electrons. The predicted molar refractivity (Wildman–Crippen MR) is 137 cm³/mol. The highest BCUT2D eigenvalue weighted by atomic mass is 19.4. The summed E-state index contributed by atoms with van der Waals surface area (Å²) in [6, 6.07) is 10.6. The molecule has 10 heteroatoms. The molecule has 5 rings (SSSR count). The fraction of sp³-hybridized carbons (Fsp3) is 0.464. The molecule has 1 saturated heterocycles. The van der Waals surface area contributed by atoms with Crippen LogP contribution in [0.4, 0.5) is 23.4 Å². The van der Waals surface area contributed by atoms with Gasteiger partial charge in [-0.3, -0.25) is 9.78 Å².